The van der Waals surface area contributed by atoms with E-state index in [0.717, 1.165) is 35.4 Å². The quantitative estimate of drug-likeness (QED) is 0.470. The zero-order chi connectivity index (χ0) is 21.5. The molecule has 1 aliphatic heterocycles. The number of aromatic nitrogens is 2. The Bertz CT molecular complexity index is 838. The molecule has 1 amide bonds. The molecule has 2 aromatic rings. The van der Waals surface area contributed by atoms with Gasteiger partial charge >= 0.3 is 0 Å². The normalized spacial score (nSPS) is 16.7. The molecule has 1 fully saturated rings. The Kier molecular flexibility index (Phi) is 8.14. The van der Waals surface area contributed by atoms with Crippen molar-refractivity contribution in [2.45, 2.75) is 70.3 Å². The van der Waals surface area contributed by atoms with Crippen molar-refractivity contribution in [2.75, 3.05) is 18.0 Å². The van der Waals surface area contributed by atoms with Crippen LogP contribution < -0.4 is 10.2 Å². The number of aryl methyl sites for hydroxylation is 1. The highest BCUT2D eigenvalue weighted by molar-refractivity contribution is 7.98. The zero-order valence-corrected chi connectivity index (χ0v) is 19.5. The number of piperidine rings is 1. The fourth-order valence-electron chi connectivity index (χ4n) is 3.59. The number of carbonyl (C=O) groups is 1. The Balaban J connectivity index is 1.65. The molecule has 1 aliphatic rings. The van der Waals surface area contributed by atoms with E-state index in [-0.39, 0.29) is 5.91 Å². The van der Waals surface area contributed by atoms with Gasteiger partial charge in [0.2, 0.25) is 0 Å². The van der Waals surface area contributed by atoms with Crippen LogP contribution in [0.1, 0.15) is 68.6 Å². The molecule has 1 aromatic heterocycles. The Morgan fingerprint density at radius 1 is 1.23 bits per heavy atom. The van der Waals surface area contributed by atoms with Gasteiger partial charge in [-0.05, 0) is 56.2 Å². The lowest BCUT2D eigenvalue weighted by Crippen LogP contribution is -2.38. The number of thioether (sulfide) groups is 1. The third kappa shape index (κ3) is 6.21. The van der Waals surface area contributed by atoms with Crippen LogP contribution in [0.3, 0.4) is 0 Å². The molecule has 0 saturated carbocycles. The van der Waals surface area contributed by atoms with Gasteiger partial charge in [0.1, 0.15) is 5.82 Å². The first-order valence-electron chi connectivity index (χ1n) is 11.1. The molecule has 0 aliphatic carbocycles. The molecule has 5 nitrogen and oxygen atoms in total. The summed E-state index contributed by atoms with van der Waals surface area (Å²) in [5.41, 5.74) is 2.96. The smallest absolute Gasteiger partial charge is 0.251 e. The molecule has 1 aromatic carbocycles. The van der Waals surface area contributed by atoms with Gasteiger partial charge in [-0.2, -0.15) is 0 Å². The van der Waals surface area contributed by atoms with E-state index in [1.165, 1.54) is 24.8 Å². The first-order chi connectivity index (χ1) is 14.5. The lowest BCUT2D eigenvalue weighted by molar-refractivity contribution is 0.0949. The Hall–Kier alpha value is -2.08. The molecular weight excluding hydrogens is 392 g/mol. The Labute approximate surface area is 185 Å². The van der Waals surface area contributed by atoms with Crippen molar-refractivity contribution >= 4 is 23.5 Å². The van der Waals surface area contributed by atoms with Crippen LogP contribution in [0.4, 0.5) is 5.82 Å². The highest BCUT2D eigenvalue weighted by Gasteiger charge is 2.21. The summed E-state index contributed by atoms with van der Waals surface area (Å²) >= 11 is 1.66. The maximum atomic E-state index is 12.2. The van der Waals surface area contributed by atoms with Gasteiger partial charge in [0, 0.05) is 42.2 Å². The first-order valence-corrected chi connectivity index (χ1v) is 12.1. The second-order valence-electron chi connectivity index (χ2n) is 8.48. The molecule has 30 heavy (non-hydrogen) atoms. The molecule has 3 rings (SSSR count). The van der Waals surface area contributed by atoms with Crippen LogP contribution in [0.15, 0.2) is 35.5 Å². The van der Waals surface area contributed by atoms with E-state index in [2.05, 4.69) is 44.0 Å². The van der Waals surface area contributed by atoms with E-state index in [0.29, 0.717) is 24.1 Å². The Morgan fingerprint density at radius 2 is 2.00 bits per heavy atom. The van der Waals surface area contributed by atoms with Crippen molar-refractivity contribution < 1.29 is 4.79 Å². The zero-order valence-electron chi connectivity index (χ0n) is 18.6. The topological polar surface area (TPSA) is 58.1 Å². The lowest BCUT2D eigenvalue weighted by Gasteiger charge is -2.34. The van der Waals surface area contributed by atoms with Gasteiger partial charge in [0.25, 0.3) is 5.91 Å². The highest BCUT2D eigenvalue weighted by atomic mass is 32.2. The van der Waals surface area contributed by atoms with E-state index in [1.807, 2.05) is 24.3 Å². The van der Waals surface area contributed by atoms with E-state index >= 15 is 0 Å². The van der Waals surface area contributed by atoms with Crippen molar-refractivity contribution in [2.24, 2.45) is 5.92 Å². The largest absolute Gasteiger partial charge is 0.354 e. The highest BCUT2D eigenvalue weighted by Crippen LogP contribution is 2.27. The van der Waals surface area contributed by atoms with Crippen molar-refractivity contribution in [3.63, 3.8) is 0 Å². The van der Waals surface area contributed by atoms with Crippen molar-refractivity contribution in [3.05, 3.63) is 47.2 Å². The van der Waals surface area contributed by atoms with Gasteiger partial charge in [0.15, 0.2) is 5.16 Å². The monoisotopic (exact) mass is 426 g/mol. The van der Waals surface area contributed by atoms with Crippen LogP contribution in [0.25, 0.3) is 0 Å². The standard InChI is InChI=1S/C24H34N4OS/c1-5-21-14-22(28-13-7-6-8-18(28)4)27-24(26-21)30-16-19-9-11-20(12-10-19)23(29)25-15-17(2)3/h9-12,14,17-18H,5-8,13,15-16H2,1-4H3,(H,25,29)/t18-/m0/s1. The van der Waals surface area contributed by atoms with Crippen LogP contribution in [0.2, 0.25) is 0 Å². The van der Waals surface area contributed by atoms with Crippen LogP contribution in [0.5, 0.6) is 0 Å². The fourth-order valence-corrected chi connectivity index (χ4v) is 4.42. The fraction of sp³-hybridized carbons (Fsp3) is 0.542. The predicted molar refractivity (Wildman–Crippen MR) is 125 cm³/mol. The first kappa shape index (κ1) is 22.6. The summed E-state index contributed by atoms with van der Waals surface area (Å²) in [6.45, 7) is 10.4. The SMILES string of the molecule is CCc1cc(N2CCCC[C@@H]2C)nc(SCc2ccc(C(=O)NCC(C)C)cc2)n1. The van der Waals surface area contributed by atoms with Gasteiger partial charge in [-0.3, -0.25) is 4.79 Å². The lowest BCUT2D eigenvalue weighted by atomic mass is 10.0. The van der Waals surface area contributed by atoms with Crippen molar-refractivity contribution in [1.82, 2.24) is 15.3 Å². The van der Waals surface area contributed by atoms with Gasteiger partial charge < -0.3 is 10.2 Å². The van der Waals surface area contributed by atoms with Gasteiger partial charge in [-0.15, -0.1) is 0 Å². The summed E-state index contributed by atoms with van der Waals surface area (Å²) in [6.07, 6.45) is 4.67. The van der Waals surface area contributed by atoms with Crippen LogP contribution in [-0.4, -0.2) is 35.0 Å². The summed E-state index contributed by atoms with van der Waals surface area (Å²) < 4.78 is 0. The average molecular weight is 427 g/mol. The number of anilines is 1. The molecule has 2 heterocycles. The number of nitrogens with one attached hydrogen (secondary N) is 1. The van der Waals surface area contributed by atoms with E-state index in [4.69, 9.17) is 9.97 Å². The molecule has 1 saturated heterocycles. The van der Waals surface area contributed by atoms with Crippen LogP contribution >= 0.6 is 11.8 Å². The predicted octanol–water partition coefficient (Wildman–Crippen LogP) is 5.10. The van der Waals surface area contributed by atoms with Gasteiger partial charge in [-0.1, -0.05) is 44.7 Å². The third-order valence-corrected chi connectivity index (χ3v) is 6.38. The summed E-state index contributed by atoms with van der Waals surface area (Å²) in [5.74, 6) is 2.29. The summed E-state index contributed by atoms with van der Waals surface area (Å²) in [4.78, 5) is 24.2. The number of hydrogen-bond acceptors (Lipinski definition) is 5. The molecular formula is C24H34N4OS. The molecule has 162 valence electrons. The molecule has 0 bridgehead atoms. The second-order valence-corrected chi connectivity index (χ2v) is 9.42. The molecule has 0 unspecified atom stereocenters. The minimum absolute atomic E-state index is 0.0119. The third-order valence-electron chi connectivity index (χ3n) is 5.46. The van der Waals surface area contributed by atoms with E-state index in [1.54, 1.807) is 11.8 Å². The van der Waals surface area contributed by atoms with Crippen molar-refractivity contribution in [3.8, 4) is 0 Å². The number of rotatable bonds is 8. The maximum Gasteiger partial charge on any atom is 0.251 e. The molecule has 1 atom stereocenters. The van der Waals surface area contributed by atoms with Crippen molar-refractivity contribution in [1.29, 1.82) is 0 Å². The van der Waals surface area contributed by atoms with Gasteiger partial charge in [-0.25, -0.2) is 9.97 Å². The number of hydrogen-bond donors (Lipinski definition) is 1. The number of benzene rings is 1. The number of amides is 1. The van der Waals surface area contributed by atoms with Crippen LogP contribution in [-0.2, 0) is 12.2 Å². The average Bonchev–Trinajstić information content (AvgIpc) is 2.76. The summed E-state index contributed by atoms with van der Waals surface area (Å²) in [6, 6.07) is 10.5. The van der Waals surface area contributed by atoms with Gasteiger partial charge in [0.05, 0.1) is 0 Å². The molecule has 6 heteroatoms. The minimum atomic E-state index is -0.0119. The number of carbonyl (C=O) groups excluding carboxylic acids is 1. The Morgan fingerprint density at radius 3 is 2.67 bits per heavy atom. The number of nitrogens with zero attached hydrogens (tertiary/aromatic N) is 3. The van der Waals surface area contributed by atoms with E-state index in [9.17, 15) is 4.79 Å². The maximum absolute atomic E-state index is 12.2. The van der Waals surface area contributed by atoms with E-state index < -0.39 is 0 Å². The molecule has 0 spiro atoms. The second kappa shape index (κ2) is 10.8. The molecule has 1 N–H and O–H groups in total. The van der Waals surface area contributed by atoms with Crippen LogP contribution in [0, 0.1) is 5.92 Å². The minimum Gasteiger partial charge on any atom is -0.354 e. The summed E-state index contributed by atoms with van der Waals surface area (Å²) in [5, 5.41) is 3.79. The summed E-state index contributed by atoms with van der Waals surface area (Å²) in [7, 11) is 0. The molecule has 0 radical (unpaired) electrons.